The van der Waals surface area contributed by atoms with Gasteiger partial charge in [0.1, 0.15) is 5.69 Å². The average molecular weight is 349 g/mol. The van der Waals surface area contributed by atoms with Gasteiger partial charge in [0.05, 0.1) is 16.5 Å². The zero-order chi connectivity index (χ0) is 16.6. The fraction of sp³-hybridized carbons (Fsp3) is 0.176. The number of aryl methyl sites for hydroxylation is 2. The highest BCUT2D eigenvalue weighted by Gasteiger charge is 2.15. The predicted molar refractivity (Wildman–Crippen MR) is 92.3 cm³/mol. The van der Waals surface area contributed by atoms with Gasteiger partial charge in [-0.1, -0.05) is 34.4 Å². The number of carbonyl (C=O) groups excluding carboxylic acids is 1. The Morgan fingerprint density at radius 2 is 1.96 bits per heavy atom. The smallest absolute Gasteiger partial charge is 0.230 e. The van der Waals surface area contributed by atoms with Gasteiger partial charge in [-0.05, 0) is 49.2 Å². The van der Waals surface area contributed by atoms with Crippen LogP contribution in [0.5, 0.6) is 0 Å². The summed E-state index contributed by atoms with van der Waals surface area (Å²) in [4.78, 5) is 12.2. The maximum Gasteiger partial charge on any atom is 0.230 e. The molecular formula is C17H14Cl2N2O2. The molecule has 0 aliphatic carbocycles. The van der Waals surface area contributed by atoms with Crippen molar-refractivity contribution in [2.75, 3.05) is 5.32 Å². The third kappa shape index (κ3) is 3.33. The summed E-state index contributed by atoms with van der Waals surface area (Å²) in [5, 5.41) is 8.53. The van der Waals surface area contributed by atoms with Crippen LogP contribution in [0.15, 0.2) is 34.9 Å². The molecule has 0 aliphatic rings. The van der Waals surface area contributed by atoms with Gasteiger partial charge < -0.3 is 9.84 Å². The molecule has 4 nitrogen and oxygen atoms in total. The lowest BCUT2D eigenvalue weighted by Gasteiger charge is -2.06. The number of rotatable bonds is 3. The van der Waals surface area contributed by atoms with Crippen molar-refractivity contribution in [3.8, 4) is 0 Å². The Hall–Kier alpha value is -2.04. The van der Waals surface area contributed by atoms with Crippen LogP contribution < -0.4 is 5.32 Å². The van der Waals surface area contributed by atoms with Gasteiger partial charge in [0, 0.05) is 11.1 Å². The highest BCUT2D eigenvalue weighted by Crippen LogP contribution is 2.26. The largest absolute Gasteiger partial charge is 0.356 e. The van der Waals surface area contributed by atoms with Crippen molar-refractivity contribution >= 4 is 45.8 Å². The van der Waals surface area contributed by atoms with Gasteiger partial charge in [0.15, 0.2) is 5.58 Å². The number of nitrogens with one attached hydrogen (secondary N) is 1. The van der Waals surface area contributed by atoms with Gasteiger partial charge in [-0.15, -0.1) is 0 Å². The molecule has 0 saturated carbocycles. The lowest BCUT2D eigenvalue weighted by Crippen LogP contribution is -2.14. The van der Waals surface area contributed by atoms with E-state index in [0.717, 1.165) is 16.5 Å². The van der Waals surface area contributed by atoms with Gasteiger partial charge in [-0.2, -0.15) is 0 Å². The summed E-state index contributed by atoms with van der Waals surface area (Å²) < 4.78 is 5.33. The van der Waals surface area contributed by atoms with Crippen LogP contribution >= 0.6 is 23.2 Å². The fourth-order valence-electron chi connectivity index (χ4n) is 2.57. The first kappa shape index (κ1) is 15.8. The molecule has 0 fully saturated rings. The van der Waals surface area contributed by atoms with Crippen LogP contribution in [0.1, 0.15) is 16.8 Å². The minimum absolute atomic E-state index is 0.122. The van der Waals surface area contributed by atoms with Gasteiger partial charge in [-0.25, -0.2) is 0 Å². The number of aromatic nitrogens is 1. The first-order chi connectivity index (χ1) is 10.9. The van der Waals surface area contributed by atoms with Gasteiger partial charge in [0.25, 0.3) is 0 Å². The molecule has 3 rings (SSSR count). The molecule has 1 aromatic heterocycles. The number of carbonyl (C=O) groups is 1. The first-order valence-electron chi connectivity index (χ1n) is 7.04. The molecule has 0 bridgehead atoms. The molecule has 1 amide bonds. The third-order valence-electron chi connectivity index (χ3n) is 3.52. The Bertz CT molecular complexity index is 903. The molecule has 0 unspecified atom stereocenters. The van der Waals surface area contributed by atoms with Crippen LogP contribution in [0.25, 0.3) is 11.0 Å². The Morgan fingerprint density at radius 3 is 2.70 bits per heavy atom. The van der Waals surface area contributed by atoms with Crippen LogP contribution in [-0.4, -0.2) is 11.1 Å². The molecule has 23 heavy (non-hydrogen) atoms. The number of hydrogen-bond donors (Lipinski definition) is 1. The summed E-state index contributed by atoms with van der Waals surface area (Å²) in [5.74, 6) is -0.196. The molecule has 3 aromatic rings. The number of fused-ring (bicyclic) bond motifs is 1. The maximum atomic E-state index is 12.2. The number of benzene rings is 2. The summed E-state index contributed by atoms with van der Waals surface area (Å²) in [6, 6.07) is 8.90. The molecule has 0 aliphatic heterocycles. The summed E-state index contributed by atoms with van der Waals surface area (Å²) in [5.41, 5.74) is 4.04. The summed E-state index contributed by atoms with van der Waals surface area (Å²) in [6.45, 7) is 3.97. The second-order valence-electron chi connectivity index (χ2n) is 5.44. The molecule has 0 spiro atoms. The zero-order valence-corrected chi connectivity index (χ0v) is 14.1. The second-order valence-corrected chi connectivity index (χ2v) is 6.25. The monoisotopic (exact) mass is 348 g/mol. The summed E-state index contributed by atoms with van der Waals surface area (Å²) in [7, 11) is 0. The average Bonchev–Trinajstić information content (AvgIpc) is 2.85. The van der Waals surface area contributed by atoms with Crippen molar-refractivity contribution in [3.05, 3.63) is 57.2 Å². The topological polar surface area (TPSA) is 55.1 Å². The molecule has 1 heterocycles. The standard InChI is InChI=1S/C17H14Cl2N2O2/c1-9-5-10(2)17-14(21-23-15(17)6-9)8-16(22)20-11-3-4-12(18)13(19)7-11/h3-7H,8H2,1-2H3,(H,20,22). The van der Waals surface area contributed by atoms with Gasteiger partial charge >= 0.3 is 0 Å². The fourth-order valence-corrected chi connectivity index (χ4v) is 2.87. The third-order valence-corrected chi connectivity index (χ3v) is 4.26. The maximum absolute atomic E-state index is 12.2. The summed E-state index contributed by atoms with van der Waals surface area (Å²) >= 11 is 11.8. The highest BCUT2D eigenvalue weighted by molar-refractivity contribution is 6.42. The van der Waals surface area contributed by atoms with Crippen LogP contribution in [0.4, 0.5) is 5.69 Å². The number of nitrogens with zero attached hydrogens (tertiary/aromatic N) is 1. The minimum atomic E-state index is -0.196. The lowest BCUT2D eigenvalue weighted by molar-refractivity contribution is -0.115. The molecular weight excluding hydrogens is 335 g/mol. The number of halogens is 2. The quantitative estimate of drug-likeness (QED) is 0.729. The minimum Gasteiger partial charge on any atom is -0.356 e. The normalized spacial score (nSPS) is 11.0. The van der Waals surface area contributed by atoms with E-state index < -0.39 is 0 Å². The Labute approximate surface area is 143 Å². The molecule has 6 heteroatoms. The summed E-state index contributed by atoms with van der Waals surface area (Å²) in [6.07, 6.45) is 0.122. The highest BCUT2D eigenvalue weighted by atomic mass is 35.5. The van der Waals surface area contributed by atoms with E-state index in [4.69, 9.17) is 27.7 Å². The van der Waals surface area contributed by atoms with E-state index in [1.54, 1.807) is 18.2 Å². The van der Waals surface area contributed by atoms with E-state index in [9.17, 15) is 4.79 Å². The van der Waals surface area contributed by atoms with Gasteiger partial charge in [0.2, 0.25) is 5.91 Å². The number of amides is 1. The number of anilines is 1. The molecule has 2 aromatic carbocycles. The molecule has 118 valence electrons. The van der Waals surface area contributed by atoms with Crippen molar-refractivity contribution < 1.29 is 9.32 Å². The van der Waals surface area contributed by atoms with Crippen LogP contribution in [0.3, 0.4) is 0 Å². The van der Waals surface area contributed by atoms with Crippen molar-refractivity contribution in [1.82, 2.24) is 5.16 Å². The molecule has 1 N–H and O–H groups in total. The Morgan fingerprint density at radius 1 is 1.17 bits per heavy atom. The predicted octanol–water partition coefficient (Wildman–Crippen LogP) is 4.93. The Kier molecular flexibility index (Phi) is 4.28. The Balaban J connectivity index is 1.81. The van der Waals surface area contributed by atoms with E-state index >= 15 is 0 Å². The van der Waals surface area contributed by atoms with Crippen LogP contribution in [-0.2, 0) is 11.2 Å². The molecule has 0 radical (unpaired) electrons. The SMILES string of the molecule is Cc1cc(C)c2c(CC(=O)Nc3ccc(Cl)c(Cl)c3)noc2c1. The lowest BCUT2D eigenvalue weighted by atomic mass is 10.0. The van der Waals surface area contributed by atoms with E-state index in [1.807, 2.05) is 26.0 Å². The zero-order valence-electron chi connectivity index (χ0n) is 12.6. The van der Waals surface area contributed by atoms with E-state index in [1.165, 1.54) is 0 Å². The molecule has 0 atom stereocenters. The van der Waals surface area contributed by atoms with Crippen molar-refractivity contribution in [3.63, 3.8) is 0 Å². The first-order valence-corrected chi connectivity index (χ1v) is 7.80. The van der Waals surface area contributed by atoms with E-state index in [2.05, 4.69) is 10.5 Å². The van der Waals surface area contributed by atoms with E-state index in [-0.39, 0.29) is 12.3 Å². The van der Waals surface area contributed by atoms with Crippen molar-refractivity contribution in [1.29, 1.82) is 0 Å². The van der Waals surface area contributed by atoms with E-state index in [0.29, 0.717) is 27.0 Å². The van der Waals surface area contributed by atoms with Gasteiger partial charge in [-0.3, -0.25) is 4.79 Å². The van der Waals surface area contributed by atoms with Crippen LogP contribution in [0, 0.1) is 13.8 Å². The van der Waals surface area contributed by atoms with Crippen molar-refractivity contribution in [2.24, 2.45) is 0 Å². The van der Waals surface area contributed by atoms with Crippen LogP contribution in [0.2, 0.25) is 10.0 Å². The molecule has 0 saturated heterocycles. The second kappa shape index (κ2) is 6.22. The van der Waals surface area contributed by atoms with Crippen molar-refractivity contribution in [2.45, 2.75) is 20.3 Å². The number of hydrogen-bond acceptors (Lipinski definition) is 3.